The molecule has 0 heterocycles. The average molecular weight is 326 g/mol. The molecule has 1 aliphatic carbocycles. The third-order valence-corrected chi connectivity index (χ3v) is 1.42. The summed E-state index contributed by atoms with van der Waals surface area (Å²) in [6, 6.07) is 0. The Balaban J connectivity index is -0.0000000440. The summed E-state index contributed by atoms with van der Waals surface area (Å²) in [5.41, 5.74) is 1.23. The maximum Gasteiger partial charge on any atom is 0 e. The number of allylic oxidation sites excluding steroid dienone is 2. The number of hydrogen-bond acceptors (Lipinski definition) is 1. The van der Waals surface area contributed by atoms with E-state index in [1.807, 2.05) is 0 Å². The summed E-state index contributed by atoms with van der Waals surface area (Å²) in [5, 5.41) is 0. The van der Waals surface area contributed by atoms with E-state index >= 15 is 0 Å². The SMILES string of the molecule is CO[C]C#CC1=CCCC1.[C-]#[O+].[C-]#[O+].[C-]#[O+].[C-]#[O+].[C-]#[O+].[Cr]. The van der Waals surface area contributed by atoms with Crippen molar-refractivity contribution >= 4 is 0 Å². The molecule has 0 aromatic carbocycles. The van der Waals surface area contributed by atoms with Gasteiger partial charge in [-0.25, -0.2) is 0 Å². The first-order valence-electron chi connectivity index (χ1n) is 4.43. The molecule has 0 saturated carbocycles. The summed E-state index contributed by atoms with van der Waals surface area (Å²) in [7, 11) is 1.55. The first kappa shape index (κ1) is 36.6. The van der Waals surface area contributed by atoms with Crippen molar-refractivity contribution < 1.29 is 45.4 Å². The van der Waals surface area contributed by atoms with E-state index in [1.54, 1.807) is 7.11 Å². The third kappa shape index (κ3) is 45.7. The number of ether oxygens (including phenoxy) is 1. The van der Waals surface area contributed by atoms with Gasteiger partial charge in [-0.3, -0.25) is 0 Å². The van der Waals surface area contributed by atoms with E-state index in [9.17, 15) is 0 Å². The molecule has 0 N–H and O–H groups in total. The molecule has 0 aliphatic heterocycles. The van der Waals surface area contributed by atoms with Gasteiger partial charge < -0.3 is 4.74 Å². The van der Waals surface area contributed by atoms with Crippen molar-refractivity contribution in [3.8, 4) is 11.8 Å². The normalized spacial score (nSPS) is 8.05. The molecule has 0 aromatic heterocycles. The quantitative estimate of drug-likeness (QED) is 0.407. The Labute approximate surface area is 135 Å². The van der Waals surface area contributed by atoms with Gasteiger partial charge in [0.05, 0.1) is 0 Å². The standard InChI is InChI=1S/C9H10O.5CO.Cr/c1-10-8-4-7-9-5-2-3-6-9;5*1-2;/h5H,2-3,6H2,1H3;;;;;;. The van der Waals surface area contributed by atoms with E-state index in [4.69, 9.17) is 23.3 Å². The Morgan fingerprint density at radius 3 is 1.67 bits per heavy atom. The Kier molecular flexibility index (Phi) is 109. The second kappa shape index (κ2) is 62.8. The fourth-order valence-corrected chi connectivity index (χ4v) is 0.941. The fourth-order valence-electron chi connectivity index (χ4n) is 0.941. The molecule has 6 nitrogen and oxygen atoms in total. The van der Waals surface area contributed by atoms with Gasteiger partial charge in [-0.1, -0.05) is 17.9 Å². The Hall–Kier alpha value is -1.51. The van der Waals surface area contributed by atoms with Crippen molar-refractivity contribution in [3.63, 3.8) is 0 Å². The summed E-state index contributed by atoms with van der Waals surface area (Å²) >= 11 is 0. The number of methoxy groups -OCH3 is 1. The predicted octanol–water partition coefficient (Wildman–Crippen LogP) is 1.60. The molecule has 0 amide bonds. The van der Waals surface area contributed by atoms with Crippen LogP contribution in [0.1, 0.15) is 19.3 Å². The van der Waals surface area contributed by atoms with Crippen LogP contribution < -0.4 is 0 Å². The van der Waals surface area contributed by atoms with E-state index in [0.717, 1.165) is 6.42 Å². The molecule has 0 saturated heterocycles. The molecular formula is C14H10CrO6. The minimum atomic E-state index is 0. The maximum atomic E-state index is 7.50. The summed E-state index contributed by atoms with van der Waals surface area (Å²) in [6.45, 7) is 25.0. The minimum absolute atomic E-state index is 0. The van der Waals surface area contributed by atoms with E-state index in [2.05, 4.69) is 62.5 Å². The zero-order valence-corrected chi connectivity index (χ0v) is 12.3. The molecule has 21 heavy (non-hydrogen) atoms. The van der Waals surface area contributed by atoms with Crippen LogP contribution in [0.5, 0.6) is 0 Å². The van der Waals surface area contributed by atoms with Gasteiger partial charge in [0.25, 0.3) is 0 Å². The van der Waals surface area contributed by atoms with Gasteiger partial charge >= 0.3 is 56.5 Å². The fraction of sp³-hybridized carbons (Fsp3) is 0.286. The van der Waals surface area contributed by atoms with Crippen molar-refractivity contribution in [2.45, 2.75) is 19.3 Å². The second-order valence-electron chi connectivity index (χ2n) is 2.18. The molecule has 1 rings (SSSR count). The summed E-state index contributed by atoms with van der Waals surface area (Å²) in [4.78, 5) is 0. The van der Waals surface area contributed by atoms with Gasteiger partial charge in [-0.15, -0.1) is 0 Å². The van der Waals surface area contributed by atoms with E-state index in [-0.39, 0.29) is 17.4 Å². The first-order valence-corrected chi connectivity index (χ1v) is 4.43. The summed E-state index contributed by atoms with van der Waals surface area (Å²) in [6.07, 6.45) is 5.72. The minimum Gasteiger partial charge on any atom is 0 e. The number of rotatable bonds is 1. The average Bonchev–Trinajstić information content (AvgIpc) is 3.11. The molecule has 2 radical (unpaired) electrons. The Morgan fingerprint density at radius 1 is 0.952 bits per heavy atom. The summed E-state index contributed by atoms with van der Waals surface area (Å²) in [5.74, 6) is 5.64. The predicted molar refractivity (Wildman–Crippen MR) is 59.6 cm³/mol. The van der Waals surface area contributed by atoms with Gasteiger partial charge in [-0.05, 0) is 24.8 Å². The summed E-state index contributed by atoms with van der Waals surface area (Å²) < 4.78 is 42.1. The smallest absolute Gasteiger partial charge is 0 e. The molecular weight excluding hydrogens is 316 g/mol. The van der Waals surface area contributed by atoms with Crippen molar-refractivity contribution in [1.82, 2.24) is 0 Å². The van der Waals surface area contributed by atoms with Crippen molar-refractivity contribution in [2.75, 3.05) is 7.11 Å². The zero-order valence-electron chi connectivity index (χ0n) is 11.1. The molecule has 108 valence electrons. The molecule has 0 unspecified atom stereocenters. The largest absolute Gasteiger partial charge is 0 e. The van der Waals surface area contributed by atoms with Crippen LogP contribution in [0, 0.1) is 51.7 Å². The number of hydrogen-bond donors (Lipinski definition) is 0. The third-order valence-electron chi connectivity index (χ3n) is 1.42. The second-order valence-corrected chi connectivity index (χ2v) is 2.18. The van der Waals surface area contributed by atoms with Crippen LogP contribution in [0.2, 0.25) is 0 Å². The van der Waals surface area contributed by atoms with Crippen molar-refractivity contribution in [2.24, 2.45) is 0 Å². The van der Waals surface area contributed by atoms with Crippen LogP contribution in [0.15, 0.2) is 11.6 Å². The topological polar surface area (TPSA) is 109 Å². The van der Waals surface area contributed by atoms with Gasteiger partial charge in [0, 0.05) is 24.5 Å². The molecule has 1 aliphatic rings. The van der Waals surface area contributed by atoms with Gasteiger partial charge in [0.2, 0.25) is 6.61 Å². The van der Waals surface area contributed by atoms with Gasteiger partial charge in [0.1, 0.15) is 0 Å². The molecule has 0 bridgehead atoms. The van der Waals surface area contributed by atoms with Crippen LogP contribution in [0.4, 0.5) is 0 Å². The van der Waals surface area contributed by atoms with Crippen LogP contribution in [0.25, 0.3) is 0 Å². The monoisotopic (exact) mass is 326 g/mol. The Bertz CT molecular complexity index is 330. The molecule has 0 atom stereocenters. The van der Waals surface area contributed by atoms with E-state index in [1.165, 1.54) is 18.4 Å². The first-order chi connectivity index (χ1) is 9.93. The van der Waals surface area contributed by atoms with E-state index in [0.29, 0.717) is 0 Å². The van der Waals surface area contributed by atoms with Crippen molar-refractivity contribution in [1.29, 1.82) is 0 Å². The van der Waals surface area contributed by atoms with Crippen LogP contribution in [-0.4, -0.2) is 7.11 Å². The molecule has 0 spiro atoms. The molecule has 7 heteroatoms. The zero-order chi connectivity index (χ0) is 17.2. The van der Waals surface area contributed by atoms with Crippen LogP contribution in [0.3, 0.4) is 0 Å². The van der Waals surface area contributed by atoms with Crippen LogP contribution >= 0.6 is 0 Å². The van der Waals surface area contributed by atoms with Crippen molar-refractivity contribution in [3.05, 3.63) is 51.5 Å². The van der Waals surface area contributed by atoms with E-state index < -0.39 is 0 Å². The molecule has 0 aromatic rings. The maximum absolute atomic E-state index is 7.50. The van der Waals surface area contributed by atoms with Gasteiger partial charge in [-0.2, -0.15) is 0 Å². The van der Waals surface area contributed by atoms with Gasteiger partial charge in [0.15, 0.2) is 0 Å². The van der Waals surface area contributed by atoms with Crippen LogP contribution in [-0.2, 0) is 45.4 Å². The molecule has 0 fully saturated rings. The Morgan fingerprint density at radius 2 is 1.38 bits per heavy atom.